The van der Waals surface area contributed by atoms with Crippen LogP contribution in [0.25, 0.3) is 22.2 Å². The van der Waals surface area contributed by atoms with Crippen LogP contribution >= 0.6 is 11.3 Å². The minimum atomic E-state index is -0.525. The molecule has 0 aliphatic carbocycles. The lowest BCUT2D eigenvalue weighted by molar-refractivity contribution is -0.116. The second kappa shape index (κ2) is 10.5. The fourth-order valence-corrected chi connectivity index (χ4v) is 4.72. The molecule has 5 rings (SSSR count). The molecule has 8 heteroatoms. The standard InChI is InChI=1S/C28H23N3O4S/c1-29-28-31(24(18-36-28)20-10-6-3-7-11-20)30-26(32)14-21-15-27(33)35-25-16-22(12-13-23(21)25)34-17-19-8-4-2-5-9-19/h2-13,15-16,18H,14,17H2,1H3,(H,30,32). The van der Waals surface area contributed by atoms with E-state index < -0.39 is 5.63 Å². The van der Waals surface area contributed by atoms with Crippen LogP contribution in [0, 0.1) is 0 Å². The van der Waals surface area contributed by atoms with E-state index in [1.807, 2.05) is 72.1 Å². The molecule has 1 amide bonds. The quantitative estimate of drug-likeness (QED) is 0.329. The zero-order chi connectivity index (χ0) is 24.9. The molecule has 0 aliphatic rings. The Kier molecular flexibility index (Phi) is 6.77. The molecule has 0 radical (unpaired) electrons. The van der Waals surface area contributed by atoms with Crippen molar-refractivity contribution in [3.8, 4) is 17.0 Å². The summed E-state index contributed by atoms with van der Waals surface area (Å²) in [6, 6.07) is 26.2. The van der Waals surface area contributed by atoms with Crippen LogP contribution in [0.1, 0.15) is 11.1 Å². The van der Waals surface area contributed by atoms with E-state index in [9.17, 15) is 9.59 Å². The number of carbonyl (C=O) groups is 1. The maximum atomic E-state index is 13.1. The molecule has 0 bridgehead atoms. The molecule has 1 N–H and O–H groups in total. The van der Waals surface area contributed by atoms with Gasteiger partial charge in [-0.25, -0.2) is 9.47 Å². The Hall–Kier alpha value is -4.43. The van der Waals surface area contributed by atoms with Gasteiger partial charge in [0.05, 0.1) is 12.1 Å². The number of nitrogens with one attached hydrogen (secondary N) is 1. The fraction of sp³-hybridized carbons (Fsp3) is 0.107. The number of benzene rings is 3. The highest BCUT2D eigenvalue weighted by atomic mass is 32.1. The van der Waals surface area contributed by atoms with Crippen LogP contribution in [0.15, 0.2) is 105 Å². The summed E-state index contributed by atoms with van der Waals surface area (Å²) in [5.74, 6) is 0.295. The van der Waals surface area contributed by atoms with Crippen molar-refractivity contribution < 1.29 is 13.9 Å². The zero-order valence-electron chi connectivity index (χ0n) is 19.5. The molecular formula is C28H23N3O4S. The molecule has 0 saturated carbocycles. The summed E-state index contributed by atoms with van der Waals surface area (Å²) in [5.41, 5.74) is 6.16. The number of nitrogens with zero attached hydrogens (tertiary/aromatic N) is 2. The van der Waals surface area contributed by atoms with Crippen molar-refractivity contribution in [3.63, 3.8) is 0 Å². The minimum Gasteiger partial charge on any atom is -0.489 e. The van der Waals surface area contributed by atoms with Crippen LogP contribution in [0.4, 0.5) is 0 Å². The average molecular weight is 498 g/mol. The molecule has 36 heavy (non-hydrogen) atoms. The van der Waals surface area contributed by atoms with E-state index in [0.717, 1.165) is 16.8 Å². The first-order chi connectivity index (χ1) is 17.6. The van der Waals surface area contributed by atoms with Crippen molar-refractivity contribution in [1.29, 1.82) is 0 Å². The van der Waals surface area contributed by atoms with E-state index in [1.54, 1.807) is 23.9 Å². The topological polar surface area (TPSA) is 85.8 Å². The molecule has 0 unspecified atom stereocenters. The number of aromatic nitrogens is 1. The predicted molar refractivity (Wildman–Crippen MR) is 141 cm³/mol. The molecule has 180 valence electrons. The van der Waals surface area contributed by atoms with Crippen molar-refractivity contribution in [3.05, 3.63) is 117 Å². The van der Waals surface area contributed by atoms with Gasteiger partial charge in [-0.05, 0) is 23.3 Å². The molecule has 0 atom stereocenters. The van der Waals surface area contributed by atoms with Crippen LogP contribution in [0.3, 0.4) is 0 Å². The lowest BCUT2D eigenvalue weighted by Gasteiger charge is -2.12. The van der Waals surface area contributed by atoms with E-state index in [2.05, 4.69) is 10.4 Å². The van der Waals surface area contributed by atoms with Crippen molar-refractivity contribution in [2.75, 3.05) is 12.5 Å². The number of rotatable bonds is 7. The molecule has 3 aromatic carbocycles. The SMILES string of the molecule is CN=c1scc(-c2ccccc2)n1NC(=O)Cc1cc(=O)oc2cc(OCc3ccccc3)ccc12. The van der Waals surface area contributed by atoms with Gasteiger partial charge >= 0.3 is 5.63 Å². The van der Waals surface area contributed by atoms with Crippen molar-refractivity contribution in [2.24, 2.45) is 4.99 Å². The van der Waals surface area contributed by atoms with E-state index in [-0.39, 0.29) is 12.3 Å². The third-order valence-corrected chi connectivity index (χ3v) is 6.52. The van der Waals surface area contributed by atoms with E-state index in [4.69, 9.17) is 9.15 Å². The molecule has 0 fully saturated rings. The van der Waals surface area contributed by atoms with E-state index in [1.165, 1.54) is 17.4 Å². The smallest absolute Gasteiger partial charge is 0.336 e. The van der Waals surface area contributed by atoms with Gasteiger partial charge in [0, 0.05) is 35.5 Å². The summed E-state index contributed by atoms with van der Waals surface area (Å²) in [5, 5.41) is 2.62. The van der Waals surface area contributed by atoms with Crippen LogP contribution in [-0.4, -0.2) is 17.6 Å². The van der Waals surface area contributed by atoms with Gasteiger partial charge in [-0.3, -0.25) is 15.2 Å². The predicted octanol–water partition coefficient (Wildman–Crippen LogP) is 4.75. The Morgan fingerprint density at radius 2 is 1.78 bits per heavy atom. The number of amides is 1. The largest absolute Gasteiger partial charge is 0.489 e. The van der Waals surface area contributed by atoms with Crippen molar-refractivity contribution in [2.45, 2.75) is 13.0 Å². The van der Waals surface area contributed by atoms with Crippen LogP contribution < -0.4 is 20.6 Å². The maximum absolute atomic E-state index is 13.1. The number of fused-ring (bicyclic) bond motifs is 1. The third-order valence-electron chi connectivity index (χ3n) is 5.61. The molecule has 0 saturated heterocycles. The highest BCUT2D eigenvalue weighted by Crippen LogP contribution is 2.24. The highest BCUT2D eigenvalue weighted by molar-refractivity contribution is 7.07. The summed E-state index contributed by atoms with van der Waals surface area (Å²) in [6.45, 7) is 0.394. The van der Waals surface area contributed by atoms with Crippen LogP contribution in [0.2, 0.25) is 0 Å². The van der Waals surface area contributed by atoms with Crippen molar-refractivity contribution >= 4 is 28.2 Å². The Balaban J connectivity index is 1.38. The average Bonchev–Trinajstić information content (AvgIpc) is 3.30. The lowest BCUT2D eigenvalue weighted by Crippen LogP contribution is -2.32. The van der Waals surface area contributed by atoms with Gasteiger partial charge in [0.1, 0.15) is 17.9 Å². The zero-order valence-corrected chi connectivity index (χ0v) is 20.3. The third kappa shape index (κ3) is 5.13. The molecule has 2 heterocycles. The summed E-state index contributed by atoms with van der Waals surface area (Å²) in [6.07, 6.45) is -0.00739. The first kappa shape index (κ1) is 23.3. The Morgan fingerprint density at radius 3 is 2.53 bits per heavy atom. The number of thiazole rings is 1. The second-order valence-electron chi connectivity index (χ2n) is 8.06. The monoisotopic (exact) mass is 497 g/mol. The normalized spacial score (nSPS) is 11.5. The van der Waals surface area contributed by atoms with Crippen molar-refractivity contribution in [1.82, 2.24) is 4.68 Å². The highest BCUT2D eigenvalue weighted by Gasteiger charge is 2.14. The summed E-state index contributed by atoms with van der Waals surface area (Å²) >= 11 is 1.43. The fourth-order valence-electron chi connectivity index (χ4n) is 3.91. The molecule has 5 aromatic rings. The molecule has 0 spiro atoms. The Labute approximate surface area is 210 Å². The van der Waals surface area contributed by atoms with E-state index >= 15 is 0 Å². The molecule has 7 nitrogen and oxygen atoms in total. The van der Waals surface area contributed by atoms with Gasteiger partial charge in [-0.1, -0.05) is 60.7 Å². The number of carbonyl (C=O) groups excluding carboxylic acids is 1. The van der Waals surface area contributed by atoms with Gasteiger partial charge in [0.15, 0.2) is 0 Å². The maximum Gasteiger partial charge on any atom is 0.336 e. The second-order valence-corrected chi connectivity index (χ2v) is 8.90. The van der Waals surface area contributed by atoms with Gasteiger partial charge in [0.25, 0.3) is 0 Å². The first-order valence-corrected chi connectivity index (χ1v) is 12.2. The molecule has 0 aliphatic heterocycles. The first-order valence-electron chi connectivity index (χ1n) is 11.3. The van der Waals surface area contributed by atoms with Crippen LogP contribution in [-0.2, 0) is 17.8 Å². The number of hydrogen-bond acceptors (Lipinski definition) is 6. The summed E-state index contributed by atoms with van der Waals surface area (Å²) in [7, 11) is 1.68. The van der Waals surface area contributed by atoms with Crippen LogP contribution in [0.5, 0.6) is 5.75 Å². The lowest BCUT2D eigenvalue weighted by atomic mass is 10.1. The van der Waals surface area contributed by atoms with E-state index in [0.29, 0.717) is 33.7 Å². The Bertz CT molecular complexity index is 1640. The summed E-state index contributed by atoms with van der Waals surface area (Å²) < 4.78 is 12.9. The summed E-state index contributed by atoms with van der Waals surface area (Å²) in [4.78, 5) is 30.3. The van der Waals surface area contributed by atoms with Gasteiger partial charge < -0.3 is 9.15 Å². The van der Waals surface area contributed by atoms with Gasteiger partial charge in [-0.15, -0.1) is 11.3 Å². The van der Waals surface area contributed by atoms with Gasteiger partial charge in [-0.2, -0.15) is 0 Å². The number of hydrogen-bond donors (Lipinski definition) is 1. The minimum absolute atomic E-state index is 0.00739. The van der Waals surface area contributed by atoms with Gasteiger partial charge in [0.2, 0.25) is 10.7 Å². The molecular weight excluding hydrogens is 474 g/mol. The Morgan fingerprint density at radius 1 is 1.03 bits per heavy atom. The molecule has 2 aromatic heterocycles. The number of ether oxygens (including phenoxy) is 1.